The number of aliphatic carboxylic acids is 2. The summed E-state index contributed by atoms with van der Waals surface area (Å²) in [4.78, 5) is 20.3. The van der Waals surface area contributed by atoms with Gasteiger partial charge in [0.15, 0.2) is 0 Å². The molecule has 0 bridgehead atoms. The summed E-state index contributed by atoms with van der Waals surface area (Å²) in [5.41, 5.74) is 5.22. The van der Waals surface area contributed by atoms with Crippen LogP contribution in [-0.4, -0.2) is 39.7 Å². The Kier molecular flexibility index (Phi) is 6.34. The normalized spacial score (nSPS) is 12.4. The highest BCUT2D eigenvalue weighted by molar-refractivity contribution is 7.99. The van der Waals surface area contributed by atoms with Crippen LogP contribution in [0.4, 0.5) is 0 Å². The molecule has 0 rings (SSSR count). The van der Waals surface area contributed by atoms with Gasteiger partial charge in [0.1, 0.15) is 6.04 Å². The SMILES string of the molecule is NC(CSCCCC(=O)O)C(=O)O. The van der Waals surface area contributed by atoms with Gasteiger partial charge in [-0.2, -0.15) is 11.8 Å². The summed E-state index contributed by atoms with van der Waals surface area (Å²) in [6.45, 7) is 0. The smallest absolute Gasteiger partial charge is 0.321 e. The first-order valence-electron chi connectivity index (χ1n) is 3.82. The maximum atomic E-state index is 10.2. The van der Waals surface area contributed by atoms with Crippen molar-refractivity contribution in [1.29, 1.82) is 0 Å². The summed E-state index contributed by atoms with van der Waals surface area (Å²) in [7, 11) is 0. The van der Waals surface area contributed by atoms with Crippen molar-refractivity contribution in [3.05, 3.63) is 0 Å². The van der Waals surface area contributed by atoms with Crippen LogP contribution in [-0.2, 0) is 9.59 Å². The fraction of sp³-hybridized carbons (Fsp3) is 0.714. The zero-order valence-electron chi connectivity index (χ0n) is 7.10. The molecular formula is C7H13NO4S. The van der Waals surface area contributed by atoms with E-state index in [1.165, 1.54) is 11.8 Å². The number of rotatable bonds is 7. The predicted molar refractivity (Wildman–Crippen MR) is 49.8 cm³/mol. The molecule has 6 heteroatoms. The van der Waals surface area contributed by atoms with Gasteiger partial charge in [-0.05, 0) is 12.2 Å². The van der Waals surface area contributed by atoms with E-state index in [9.17, 15) is 9.59 Å². The lowest BCUT2D eigenvalue weighted by Crippen LogP contribution is -2.32. The number of carboxylic acid groups (broad SMARTS) is 2. The molecule has 0 fully saturated rings. The minimum absolute atomic E-state index is 0.120. The van der Waals surface area contributed by atoms with Crippen LogP contribution in [0.15, 0.2) is 0 Å². The Morgan fingerprint density at radius 1 is 1.38 bits per heavy atom. The van der Waals surface area contributed by atoms with Gasteiger partial charge in [-0.25, -0.2) is 0 Å². The molecule has 5 nitrogen and oxygen atoms in total. The largest absolute Gasteiger partial charge is 0.481 e. The van der Waals surface area contributed by atoms with Crippen LogP contribution in [0, 0.1) is 0 Å². The van der Waals surface area contributed by atoms with Crippen molar-refractivity contribution < 1.29 is 19.8 Å². The van der Waals surface area contributed by atoms with E-state index in [-0.39, 0.29) is 6.42 Å². The molecular weight excluding hydrogens is 194 g/mol. The van der Waals surface area contributed by atoms with Crippen molar-refractivity contribution >= 4 is 23.7 Å². The Bertz CT molecular complexity index is 185. The number of hydrogen-bond acceptors (Lipinski definition) is 4. The molecule has 1 unspecified atom stereocenters. The third-order valence-electron chi connectivity index (χ3n) is 1.29. The molecule has 0 amide bonds. The summed E-state index contributed by atoms with van der Waals surface area (Å²) in [5, 5.41) is 16.7. The zero-order chi connectivity index (χ0) is 10.3. The van der Waals surface area contributed by atoms with Crippen molar-refractivity contribution in [2.75, 3.05) is 11.5 Å². The van der Waals surface area contributed by atoms with E-state index in [4.69, 9.17) is 15.9 Å². The van der Waals surface area contributed by atoms with E-state index >= 15 is 0 Å². The molecule has 0 saturated heterocycles. The number of carbonyl (C=O) groups is 2. The first kappa shape index (κ1) is 12.2. The van der Waals surface area contributed by atoms with Gasteiger partial charge in [-0.15, -0.1) is 0 Å². The fourth-order valence-electron chi connectivity index (χ4n) is 0.607. The summed E-state index contributed by atoms with van der Waals surface area (Å²) in [6.07, 6.45) is 0.668. The van der Waals surface area contributed by atoms with Gasteiger partial charge in [0.2, 0.25) is 0 Å². The summed E-state index contributed by atoms with van der Waals surface area (Å²) in [5.74, 6) is -0.892. The Morgan fingerprint density at radius 2 is 2.00 bits per heavy atom. The Balaban J connectivity index is 3.26. The highest BCUT2D eigenvalue weighted by atomic mass is 32.2. The topological polar surface area (TPSA) is 101 Å². The second-order valence-electron chi connectivity index (χ2n) is 2.52. The van der Waals surface area contributed by atoms with Gasteiger partial charge in [-0.1, -0.05) is 0 Å². The molecule has 0 saturated carbocycles. The maximum Gasteiger partial charge on any atom is 0.321 e. The Labute approximate surface area is 80.3 Å². The fourth-order valence-corrected chi connectivity index (χ4v) is 1.52. The Hall–Kier alpha value is -0.750. The average Bonchev–Trinajstić information content (AvgIpc) is 2.02. The molecule has 0 radical (unpaired) electrons. The number of hydrogen-bond donors (Lipinski definition) is 3. The van der Waals surface area contributed by atoms with Crippen LogP contribution in [0.25, 0.3) is 0 Å². The van der Waals surface area contributed by atoms with Crippen molar-refractivity contribution in [2.24, 2.45) is 5.73 Å². The Morgan fingerprint density at radius 3 is 2.46 bits per heavy atom. The first-order chi connectivity index (χ1) is 6.04. The predicted octanol–water partition coefficient (Wildman–Crippen LogP) is -0.00370. The summed E-state index contributed by atoms with van der Waals surface area (Å²) in [6, 6.07) is -0.852. The van der Waals surface area contributed by atoms with Crippen LogP contribution in [0.3, 0.4) is 0 Å². The van der Waals surface area contributed by atoms with Crippen LogP contribution >= 0.6 is 11.8 Å². The monoisotopic (exact) mass is 207 g/mol. The highest BCUT2D eigenvalue weighted by Gasteiger charge is 2.10. The molecule has 1 atom stereocenters. The van der Waals surface area contributed by atoms with Crippen molar-refractivity contribution in [1.82, 2.24) is 0 Å². The second kappa shape index (κ2) is 6.73. The van der Waals surface area contributed by atoms with E-state index < -0.39 is 18.0 Å². The number of nitrogens with two attached hydrogens (primary N) is 1. The quantitative estimate of drug-likeness (QED) is 0.508. The van der Waals surface area contributed by atoms with Crippen LogP contribution in [0.2, 0.25) is 0 Å². The molecule has 0 aliphatic heterocycles. The lowest BCUT2D eigenvalue weighted by atomic mass is 10.3. The molecule has 13 heavy (non-hydrogen) atoms. The minimum atomic E-state index is -1.02. The van der Waals surface area contributed by atoms with Gasteiger partial charge in [-0.3, -0.25) is 9.59 Å². The van der Waals surface area contributed by atoms with Gasteiger partial charge in [0.25, 0.3) is 0 Å². The molecule has 0 aromatic heterocycles. The van der Waals surface area contributed by atoms with Gasteiger partial charge >= 0.3 is 11.9 Å². The van der Waals surface area contributed by atoms with Crippen LogP contribution in [0.1, 0.15) is 12.8 Å². The third kappa shape index (κ3) is 7.61. The molecule has 0 aromatic rings. The van der Waals surface area contributed by atoms with E-state index in [0.29, 0.717) is 17.9 Å². The lowest BCUT2D eigenvalue weighted by Gasteiger charge is -2.04. The van der Waals surface area contributed by atoms with E-state index in [1.807, 2.05) is 0 Å². The maximum absolute atomic E-state index is 10.2. The van der Waals surface area contributed by atoms with Crippen LogP contribution < -0.4 is 5.73 Å². The molecule has 0 heterocycles. The van der Waals surface area contributed by atoms with E-state index in [0.717, 1.165) is 0 Å². The molecule has 0 aliphatic rings. The van der Waals surface area contributed by atoms with Gasteiger partial charge < -0.3 is 15.9 Å². The van der Waals surface area contributed by atoms with Gasteiger partial charge in [0.05, 0.1) is 0 Å². The second-order valence-corrected chi connectivity index (χ2v) is 3.67. The minimum Gasteiger partial charge on any atom is -0.481 e. The molecule has 76 valence electrons. The number of carboxylic acids is 2. The summed E-state index contributed by atoms with van der Waals surface area (Å²) >= 11 is 1.36. The van der Waals surface area contributed by atoms with Crippen molar-refractivity contribution in [3.8, 4) is 0 Å². The molecule has 4 N–H and O–H groups in total. The molecule has 0 aliphatic carbocycles. The van der Waals surface area contributed by atoms with E-state index in [2.05, 4.69) is 0 Å². The van der Waals surface area contributed by atoms with Crippen LogP contribution in [0.5, 0.6) is 0 Å². The third-order valence-corrected chi connectivity index (χ3v) is 2.47. The standard InChI is InChI=1S/C7H13NO4S/c8-5(7(11)12)4-13-3-1-2-6(9)10/h5H,1-4,8H2,(H,9,10)(H,11,12). The lowest BCUT2D eigenvalue weighted by molar-refractivity contribution is -0.138. The van der Waals surface area contributed by atoms with E-state index in [1.54, 1.807) is 0 Å². The van der Waals surface area contributed by atoms with Gasteiger partial charge in [0, 0.05) is 12.2 Å². The average molecular weight is 207 g/mol. The van der Waals surface area contributed by atoms with Crippen molar-refractivity contribution in [2.45, 2.75) is 18.9 Å². The van der Waals surface area contributed by atoms with Crippen molar-refractivity contribution in [3.63, 3.8) is 0 Å². The molecule has 0 aromatic carbocycles. The highest BCUT2D eigenvalue weighted by Crippen LogP contribution is 2.05. The molecule has 0 spiro atoms. The summed E-state index contributed by atoms with van der Waals surface area (Å²) < 4.78 is 0. The zero-order valence-corrected chi connectivity index (χ0v) is 7.92. The first-order valence-corrected chi connectivity index (χ1v) is 4.97. The number of thioether (sulfide) groups is 1.